The monoisotopic (exact) mass is 301 g/mol. The molecule has 1 amide bonds. The number of nitrogens with one attached hydrogen (secondary N) is 2. The summed E-state index contributed by atoms with van der Waals surface area (Å²) in [6.07, 6.45) is 1.99. The van der Waals surface area contributed by atoms with Crippen LogP contribution in [0.3, 0.4) is 0 Å². The number of amides is 1. The molecule has 0 unspecified atom stereocenters. The van der Waals surface area contributed by atoms with Gasteiger partial charge >= 0.3 is 0 Å². The van der Waals surface area contributed by atoms with Gasteiger partial charge in [-0.3, -0.25) is 4.79 Å². The van der Waals surface area contributed by atoms with Gasteiger partial charge in [0.25, 0.3) is 5.91 Å². The Kier molecular flexibility index (Phi) is 4.31. The molecule has 110 valence electrons. The number of aryl methyl sites for hydroxylation is 1. The molecule has 0 aliphatic carbocycles. The van der Waals surface area contributed by atoms with Crippen molar-refractivity contribution in [1.29, 1.82) is 0 Å². The van der Waals surface area contributed by atoms with Gasteiger partial charge in [-0.15, -0.1) is 11.3 Å². The van der Waals surface area contributed by atoms with Crippen LogP contribution >= 0.6 is 11.3 Å². The second-order valence-corrected chi connectivity index (χ2v) is 6.39. The fraction of sp³-hybridized carbons (Fsp3) is 0.375. The highest BCUT2D eigenvalue weighted by atomic mass is 32.1. The van der Waals surface area contributed by atoms with E-state index in [9.17, 15) is 4.79 Å². The van der Waals surface area contributed by atoms with Crippen LogP contribution in [0.4, 0.5) is 0 Å². The molecule has 5 heteroatoms. The van der Waals surface area contributed by atoms with Crippen molar-refractivity contribution in [3.8, 4) is 11.3 Å². The second kappa shape index (κ2) is 6.37. The van der Waals surface area contributed by atoms with Crippen LogP contribution in [-0.2, 0) is 0 Å². The Morgan fingerprint density at radius 2 is 2.19 bits per heavy atom. The molecule has 1 aromatic carbocycles. The van der Waals surface area contributed by atoms with Gasteiger partial charge < -0.3 is 10.6 Å². The normalized spacial score (nSPS) is 15.9. The van der Waals surface area contributed by atoms with Crippen molar-refractivity contribution < 1.29 is 4.79 Å². The lowest BCUT2D eigenvalue weighted by atomic mass is 10.0. The van der Waals surface area contributed by atoms with Crippen molar-refractivity contribution in [3.05, 3.63) is 40.2 Å². The summed E-state index contributed by atoms with van der Waals surface area (Å²) in [7, 11) is 0. The highest BCUT2D eigenvalue weighted by Gasteiger charge is 2.16. The molecular weight excluding hydrogens is 282 g/mol. The number of carbonyl (C=O) groups is 1. The first kappa shape index (κ1) is 14.2. The molecule has 2 N–H and O–H groups in total. The number of aromatic nitrogens is 1. The summed E-state index contributed by atoms with van der Waals surface area (Å²) in [4.78, 5) is 16.8. The molecule has 2 aromatic rings. The fourth-order valence-corrected chi connectivity index (χ4v) is 3.17. The quantitative estimate of drug-likeness (QED) is 0.916. The number of hydrogen-bond acceptors (Lipinski definition) is 4. The molecule has 1 saturated heterocycles. The van der Waals surface area contributed by atoms with E-state index in [1.807, 2.05) is 36.6 Å². The Morgan fingerprint density at radius 3 is 2.90 bits per heavy atom. The summed E-state index contributed by atoms with van der Waals surface area (Å²) < 4.78 is 0. The van der Waals surface area contributed by atoms with Gasteiger partial charge in [0.15, 0.2) is 0 Å². The molecule has 1 aliphatic rings. The van der Waals surface area contributed by atoms with Crippen molar-refractivity contribution in [1.82, 2.24) is 15.6 Å². The van der Waals surface area contributed by atoms with E-state index in [1.54, 1.807) is 11.3 Å². The molecule has 0 atom stereocenters. The zero-order valence-corrected chi connectivity index (χ0v) is 12.9. The van der Waals surface area contributed by atoms with Crippen molar-refractivity contribution in [2.24, 2.45) is 0 Å². The zero-order chi connectivity index (χ0) is 14.7. The molecule has 1 fully saturated rings. The molecule has 0 saturated carbocycles. The van der Waals surface area contributed by atoms with Crippen LogP contribution in [0.1, 0.15) is 28.2 Å². The van der Waals surface area contributed by atoms with Crippen LogP contribution in [0.15, 0.2) is 29.6 Å². The lowest BCUT2D eigenvalue weighted by Crippen LogP contribution is -2.42. The van der Waals surface area contributed by atoms with Gasteiger partial charge in [0.05, 0.1) is 10.7 Å². The summed E-state index contributed by atoms with van der Waals surface area (Å²) in [5, 5.41) is 9.49. The number of thiazole rings is 1. The summed E-state index contributed by atoms with van der Waals surface area (Å²) in [5.41, 5.74) is 2.64. The van der Waals surface area contributed by atoms with Gasteiger partial charge in [-0.05, 0) is 45.0 Å². The van der Waals surface area contributed by atoms with Crippen LogP contribution in [0.2, 0.25) is 0 Å². The van der Waals surface area contributed by atoms with Crippen molar-refractivity contribution >= 4 is 17.2 Å². The average Bonchev–Trinajstić information content (AvgIpc) is 2.95. The third-order valence-electron chi connectivity index (χ3n) is 3.71. The number of hydrogen-bond donors (Lipinski definition) is 2. The highest BCUT2D eigenvalue weighted by molar-refractivity contribution is 7.09. The smallest absolute Gasteiger partial charge is 0.251 e. The minimum atomic E-state index is 0.00991. The minimum Gasteiger partial charge on any atom is -0.349 e. The zero-order valence-electron chi connectivity index (χ0n) is 12.1. The molecule has 4 nitrogen and oxygen atoms in total. The van der Waals surface area contributed by atoms with E-state index in [4.69, 9.17) is 0 Å². The molecule has 21 heavy (non-hydrogen) atoms. The Balaban J connectivity index is 1.74. The van der Waals surface area contributed by atoms with E-state index >= 15 is 0 Å². The molecule has 2 heterocycles. The van der Waals surface area contributed by atoms with Crippen LogP contribution < -0.4 is 10.6 Å². The maximum Gasteiger partial charge on any atom is 0.251 e. The van der Waals surface area contributed by atoms with Crippen molar-refractivity contribution in [3.63, 3.8) is 0 Å². The largest absolute Gasteiger partial charge is 0.349 e. The van der Waals surface area contributed by atoms with Gasteiger partial charge in [0.2, 0.25) is 0 Å². The predicted molar refractivity (Wildman–Crippen MR) is 85.6 cm³/mol. The van der Waals surface area contributed by atoms with Crippen LogP contribution in [-0.4, -0.2) is 30.0 Å². The number of carbonyl (C=O) groups excluding carboxylic acids is 1. The highest BCUT2D eigenvalue weighted by Crippen LogP contribution is 2.22. The van der Waals surface area contributed by atoms with Gasteiger partial charge in [-0.1, -0.05) is 12.1 Å². The molecule has 0 bridgehead atoms. The van der Waals surface area contributed by atoms with E-state index < -0.39 is 0 Å². The van der Waals surface area contributed by atoms with Gasteiger partial charge in [-0.25, -0.2) is 4.98 Å². The second-order valence-electron chi connectivity index (χ2n) is 5.33. The van der Waals surface area contributed by atoms with Crippen LogP contribution in [0.5, 0.6) is 0 Å². The Morgan fingerprint density at radius 1 is 1.38 bits per heavy atom. The maximum absolute atomic E-state index is 12.4. The van der Waals surface area contributed by atoms with Gasteiger partial charge in [0.1, 0.15) is 0 Å². The van der Waals surface area contributed by atoms with Crippen molar-refractivity contribution in [2.45, 2.75) is 25.8 Å². The minimum absolute atomic E-state index is 0.00991. The third-order valence-corrected chi connectivity index (χ3v) is 4.49. The fourth-order valence-electron chi connectivity index (χ4n) is 2.55. The molecule has 0 spiro atoms. The Labute approximate surface area is 128 Å². The molecule has 1 aromatic heterocycles. The standard InChI is InChI=1S/C16H19N3OS/c1-11-18-15(10-21-11)12-3-2-4-13(9-12)16(20)19-14-5-7-17-8-6-14/h2-4,9-10,14,17H,5-8H2,1H3,(H,19,20). The summed E-state index contributed by atoms with van der Waals surface area (Å²) in [6, 6.07) is 7.98. The first-order chi connectivity index (χ1) is 10.2. The van der Waals surface area contributed by atoms with Crippen LogP contribution in [0, 0.1) is 6.92 Å². The first-order valence-corrected chi connectivity index (χ1v) is 8.14. The van der Waals surface area contributed by atoms with Gasteiger partial charge in [-0.2, -0.15) is 0 Å². The lowest BCUT2D eigenvalue weighted by Gasteiger charge is -2.23. The number of benzene rings is 1. The number of piperidine rings is 1. The molecule has 1 aliphatic heterocycles. The van der Waals surface area contributed by atoms with E-state index in [2.05, 4.69) is 15.6 Å². The molecular formula is C16H19N3OS. The van der Waals surface area contributed by atoms with E-state index in [1.165, 1.54) is 0 Å². The molecule has 0 radical (unpaired) electrons. The first-order valence-electron chi connectivity index (χ1n) is 7.26. The average molecular weight is 301 g/mol. The third kappa shape index (κ3) is 3.49. The van der Waals surface area contributed by atoms with Crippen molar-refractivity contribution in [2.75, 3.05) is 13.1 Å². The summed E-state index contributed by atoms with van der Waals surface area (Å²) in [5.74, 6) is 0.00991. The Hall–Kier alpha value is -1.72. The predicted octanol–water partition coefficient (Wildman–Crippen LogP) is 2.60. The Bertz CT molecular complexity index is 632. The topological polar surface area (TPSA) is 54.0 Å². The summed E-state index contributed by atoms with van der Waals surface area (Å²) >= 11 is 1.62. The summed E-state index contributed by atoms with van der Waals surface area (Å²) in [6.45, 7) is 3.94. The van der Waals surface area contributed by atoms with E-state index in [0.29, 0.717) is 5.56 Å². The molecule has 3 rings (SSSR count). The number of nitrogens with zero attached hydrogens (tertiary/aromatic N) is 1. The lowest BCUT2D eigenvalue weighted by molar-refractivity contribution is 0.0929. The van der Waals surface area contributed by atoms with E-state index in [0.717, 1.165) is 42.2 Å². The van der Waals surface area contributed by atoms with Gasteiger partial charge in [0, 0.05) is 22.5 Å². The van der Waals surface area contributed by atoms with E-state index in [-0.39, 0.29) is 11.9 Å². The number of rotatable bonds is 3. The SMILES string of the molecule is Cc1nc(-c2cccc(C(=O)NC3CCNCC3)c2)cs1. The van der Waals surface area contributed by atoms with Crippen LogP contribution in [0.25, 0.3) is 11.3 Å². The maximum atomic E-state index is 12.4.